The van der Waals surface area contributed by atoms with Crippen LogP contribution in [-0.2, 0) is 13.0 Å². The summed E-state index contributed by atoms with van der Waals surface area (Å²) in [4.78, 5) is 2.27. The first-order valence-electron chi connectivity index (χ1n) is 5.66. The molecule has 1 rings (SSSR count). The summed E-state index contributed by atoms with van der Waals surface area (Å²) in [6.45, 7) is 4.13. The van der Waals surface area contributed by atoms with Crippen LogP contribution >= 0.6 is 12.6 Å². The predicted molar refractivity (Wildman–Crippen MR) is 72.6 cm³/mol. The molecule has 0 N–H and O–H groups in total. The number of ether oxygens (including phenoxy) is 1. The standard InChI is InChI=1S/C13H21NOS/c1-4-12-9-11(5-6-13(12)15-3)10-14(2)7-8-16/h5-6,9,16H,4,7-8,10H2,1-3H3. The van der Waals surface area contributed by atoms with Gasteiger partial charge in [-0.05, 0) is 30.7 Å². The van der Waals surface area contributed by atoms with Crippen LogP contribution in [0.1, 0.15) is 18.1 Å². The van der Waals surface area contributed by atoms with Crippen LogP contribution in [0, 0.1) is 0 Å². The van der Waals surface area contributed by atoms with E-state index in [1.807, 2.05) is 0 Å². The van der Waals surface area contributed by atoms with Crippen molar-refractivity contribution >= 4 is 12.6 Å². The number of hydrogen-bond acceptors (Lipinski definition) is 3. The second-order valence-electron chi connectivity index (χ2n) is 3.96. The third-order valence-electron chi connectivity index (χ3n) is 2.66. The minimum Gasteiger partial charge on any atom is -0.496 e. The highest BCUT2D eigenvalue weighted by atomic mass is 32.1. The molecular weight excluding hydrogens is 218 g/mol. The number of methoxy groups -OCH3 is 1. The minimum atomic E-state index is 0.896. The summed E-state index contributed by atoms with van der Waals surface area (Å²) in [5.74, 6) is 1.89. The lowest BCUT2D eigenvalue weighted by atomic mass is 10.1. The maximum atomic E-state index is 5.32. The van der Waals surface area contributed by atoms with Crippen LogP contribution in [0.4, 0.5) is 0 Å². The fraction of sp³-hybridized carbons (Fsp3) is 0.538. The van der Waals surface area contributed by atoms with E-state index in [2.05, 4.69) is 49.7 Å². The van der Waals surface area contributed by atoms with Gasteiger partial charge in [0.2, 0.25) is 0 Å². The van der Waals surface area contributed by atoms with Gasteiger partial charge in [-0.25, -0.2) is 0 Å². The lowest BCUT2D eigenvalue weighted by Gasteiger charge is -2.16. The monoisotopic (exact) mass is 239 g/mol. The molecule has 0 radical (unpaired) electrons. The molecule has 0 unspecified atom stereocenters. The topological polar surface area (TPSA) is 12.5 Å². The number of benzene rings is 1. The van der Waals surface area contributed by atoms with Gasteiger partial charge in [-0.1, -0.05) is 19.1 Å². The molecule has 0 aliphatic carbocycles. The fourth-order valence-electron chi connectivity index (χ4n) is 1.77. The van der Waals surface area contributed by atoms with Crippen molar-refractivity contribution in [3.63, 3.8) is 0 Å². The Labute approximate surface area is 104 Å². The zero-order valence-corrected chi connectivity index (χ0v) is 11.3. The molecule has 0 aliphatic rings. The third-order valence-corrected chi connectivity index (χ3v) is 2.86. The van der Waals surface area contributed by atoms with Crippen LogP contribution in [-0.4, -0.2) is 31.4 Å². The Bertz CT molecular complexity index is 328. The van der Waals surface area contributed by atoms with Gasteiger partial charge in [-0.15, -0.1) is 0 Å². The lowest BCUT2D eigenvalue weighted by molar-refractivity contribution is 0.348. The molecule has 16 heavy (non-hydrogen) atoms. The van der Waals surface area contributed by atoms with E-state index < -0.39 is 0 Å². The molecule has 0 bridgehead atoms. The third kappa shape index (κ3) is 3.72. The molecule has 0 heterocycles. The van der Waals surface area contributed by atoms with Crippen molar-refractivity contribution in [2.75, 3.05) is 26.5 Å². The van der Waals surface area contributed by atoms with Gasteiger partial charge >= 0.3 is 0 Å². The first kappa shape index (κ1) is 13.4. The first-order chi connectivity index (χ1) is 7.71. The van der Waals surface area contributed by atoms with E-state index in [0.717, 1.165) is 31.0 Å². The number of rotatable bonds is 6. The molecule has 90 valence electrons. The molecule has 3 heteroatoms. The van der Waals surface area contributed by atoms with Gasteiger partial charge in [0.25, 0.3) is 0 Å². The van der Waals surface area contributed by atoms with Crippen LogP contribution in [0.15, 0.2) is 18.2 Å². The fourth-order valence-corrected chi connectivity index (χ4v) is 2.11. The molecule has 0 fully saturated rings. The van der Waals surface area contributed by atoms with Gasteiger partial charge in [0.05, 0.1) is 7.11 Å². The molecule has 1 aromatic rings. The summed E-state index contributed by atoms with van der Waals surface area (Å²) in [6.07, 6.45) is 1.01. The molecule has 1 aromatic carbocycles. The lowest BCUT2D eigenvalue weighted by Crippen LogP contribution is -2.20. The van der Waals surface area contributed by atoms with Crippen LogP contribution < -0.4 is 4.74 Å². The summed E-state index contributed by atoms with van der Waals surface area (Å²) in [5.41, 5.74) is 2.61. The SMILES string of the molecule is CCc1cc(CN(C)CCS)ccc1OC. The van der Waals surface area contributed by atoms with E-state index in [1.165, 1.54) is 11.1 Å². The minimum absolute atomic E-state index is 0.896. The maximum absolute atomic E-state index is 5.32. The molecule has 0 atom stereocenters. The van der Waals surface area contributed by atoms with Crippen LogP contribution in [0.5, 0.6) is 5.75 Å². The highest BCUT2D eigenvalue weighted by Crippen LogP contribution is 2.20. The van der Waals surface area contributed by atoms with Crippen molar-refractivity contribution in [1.29, 1.82) is 0 Å². The van der Waals surface area contributed by atoms with E-state index in [-0.39, 0.29) is 0 Å². The number of hydrogen-bond donors (Lipinski definition) is 1. The molecule has 0 spiro atoms. The second kappa shape index (κ2) is 6.81. The smallest absolute Gasteiger partial charge is 0.122 e. The summed E-state index contributed by atoms with van der Waals surface area (Å²) in [5, 5.41) is 0. The second-order valence-corrected chi connectivity index (χ2v) is 4.41. The average Bonchev–Trinajstić information content (AvgIpc) is 2.29. The summed E-state index contributed by atoms with van der Waals surface area (Å²) >= 11 is 4.23. The Balaban J connectivity index is 2.74. The summed E-state index contributed by atoms with van der Waals surface area (Å²) in [6, 6.07) is 6.42. The predicted octanol–water partition coefficient (Wildman–Crippen LogP) is 2.62. The van der Waals surface area contributed by atoms with Crippen molar-refractivity contribution in [2.24, 2.45) is 0 Å². The maximum Gasteiger partial charge on any atom is 0.122 e. The first-order valence-corrected chi connectivity index (χ1v) is 6.29. The Kier molecular flexibility index (Phi) is 5.71. The summed E-state index contributed by atoms with van der Waals surface area (Å²) < 4.78 is 5.32. The normalized spacial score (nSPS) is 10.8. The quantitative estimate of drug-likeness (QED) is 0.766. The van der Waals surface area contributed by atoms with Gasteiger partial charge in [-0.3, -0.25) is 0 Å². The van der Waals surface area contributed by atoms with E-state index in [0.29, 0.717) is 0 Å². The Morgan fingerprint density at radius 3 is 2.69 bits per heavy atom. The molecule has 0 aromatic heterocycles. The van der Waals surface area contributed by atoms with Gasteiger partial charge < -0.3 is 9.64 Å². The highest BCUT2D eigenvalue weighted by molar-refractivity contribution is 7.80. The average molecular weight is 239 g/mol. The molecule has 0 amide bonds. The Hall–Kier alpha value is -0.670. The van der Waals surface area contributed by atoms with Gasteiger partial charge in [0, 0.05) is 18.8 Å². The number of thiol groups is 1. The molecule has 0 saturated heterocycles. The number of nitrogens with zero attached hydrogens (tertiary/aromatic N) is 1. The number of aryl methyl sites for hydroxylation is 1. The Morgan fingerprint density at radius 1 is 1.38 bits per heavy atom. The van der Waals surface area contributed by atoms with Crippen molar-refractivity contribution in [3.05, 3.63) is 29.3 Å². The van der Waals surface area contributed by atoms with Gasteiger partial charge in [0.1, 0.15) is 5.75 Å². The zero-order chi connectivity index (χ0) is 12.0. The van der Waals surface area contributed by atoms with Crippen molar-refractivity contribution in [2.45, 2.75) is 19.9 Å². The van der Waals surface area contributed by atoms with E-state index in [4.69, 9.17) is 4.74 Å². The van der Waals surface area contributed by atoms with E-state index >= 15 is 0 Å². The molecule has 0 aliphatic heterocycles. The highest BCUT2D eigenvalue weighted by Gasteiger charge is 2.04. The zero-order valence-electron chi connectivity index (χ0n) is 10.4. The van der Waals surface area contributed by atoms with E-state index in [9.17, 15) is 0 Å². The van der Waals surface area contributed by atoms with Crippen LogP contribution in [0.2, 0.25) is 0 Å². The van der Waals surface area contributed by atoms with Crippen molar-refractivity contribution in [1.82, 2.24) is 4.90 Å². The van der Waals surface area contributed by atoms with E-state index in [1.54, 1.807) is 7.11 Å². The summed E-state index contributed by atoms with van der Waals surface area (Å²) in [7, 11) is 3.84. The van der Waals surface area contributed by atoms with Crippen LogP contribution in [0.3, 0.4) is 0 Å². The van der Waals surface area contributed by atoms with Crippen molar-refractivity contribution in [3.8, 4) is 5.75 Å². The molecule has 2 nitrogen and oxygen atoms in total. The van der Waals surface area contributed by atoms with Gasteiger partial charge in [0.15, 0.2) is 0 Å². The largest absolute Gasteiger partial charge is 0.496 e. The van der Waals surface area contributed by atoms with Crippen molar-refractivity contribution < 1.29 is 4.74 Å². The van der Waals surface area contributed by atoms with Crippen LogP contribution in [0.25, 0.3) is 0 Å². The molecular formula is C13H21NOS. The van der Waals surface area contributed by atoms with Gasteiger partial charge in [-0.2, -0.15) is 12.6 Å². The Morgan fingerprint density at radius 2 is 2.12 bits per heavy atom. The molecule has 0 saturated carbocycles.